The first-order chi connectivity index (χ1) is 14.3. The highest BCUT2D eigenvalue weighted by Crippen LogP contribution is 2.17. The molecule has 8 nitrogen and oxygen atoms in total. The highest BCUT2D eigenvalue weighted by Gasteiger charge is 2.17. The van der Waals surface area contributed by atoms with Gasteiger partial charge in [-0.1, -0.05) is 29.3 Å². The lowest BCUT2D eigenvalue weighted by atomic mass is 10.1. The molecule has 0 aliphatic carbocycles. The second-order valence-electron chi connectivity index (χ2n) is 7.37. The number of hydrogen-bond acceptors (Lipinski definition) is 5. The van der Waals surface area contributed by atoms with Crippen LogP contribution in [-0.2, 0) is 18.4 Å². The number of anilines is 1. The first-order valence-corrected chi connectivity index (χ1v) is 9.78. The van der Waals surface area contributed by atoms with Crippen molar-refractivity contribution in [1.82, 2.24) is 24.1 Å². The average Bonchev–Trinajstić information content (AvgIpc) is 3.09. The van der Waals surface area contributed by atoms with Crippen molar-refractivity contribution in [2.45, 2.75) is 13.5 Å². The topological polar surface area (TPSA) is 84.5 Å². The Morgan fingerprint density at radius 2 is 2.00 bits per heavy atom. The second kappa shape index (κ2) is 7.89. The Morgan fingerprint density at radius 1 is 1.20 bits per heavy atom. The van der Waals surface area contributed by atoms with Gasteiger partial charge in [-0.3, -0.25) is 23.5 Å². The van der Waals surface area contributed by atoms with Gasteiger partial charge in [0.25, 0.3) is 5.56 Å². The molecule has 2 heterocycles. The van der Waals surface area contributed by atoms with E-state index in [0.717, 1.165) is 11.1 Å². The Hall–Kier alpha value is -3.23. The molecule has 154 valence electrons. The van der Waals surface area contributed by atoms with Crippen LogP contribution in [0.3, 0.4) is 0 Å². The van der Waals surface area contributed by atoms with Crippen molar-refractivity contribution in [1.29, 1.82) is 0 Å². The van der Waals surface area contributed by atoms with E-state index >= 15 is 0 Å². The van der Waals surface area contributed by atoms with Gasteiger partial charge >= 0.3 is 0 Å². The summed E-state index contributed by atoms with van der Waals surface area (Å²) >= 11 is 5.96. The van der Waals surface area contributed by atoms with Gasteiger partial charge in [0.05, 0.1) is 24.0 Å². The SMILES string of the molecule is Cc1ccc2c(c1)c(=O)n(C)c1nnc(CN(C)CC(=O)Nc3cccc(Cl)c3)n21. The van der Waals surface area contributed by atoms with Crippen LogP contribution in [0.1, 0.15) is 11.4 Å². The van der Waals surface area contributed by atoms with E-state index in [1.807, 2.05) is 41.5 Å². The normalized spacial score (nSPS) is 11.5. The van der Waals surface area contributed by atoms with E-state index in [2.05, 4.69) is 15.5 Å². The maximum absolute atomic E-state index is 12.7. The molecule has 4 rings (SSSR count). The maximum atomic E-state index is 12.7. The Bertz CT molecular complexity index is 1330. The molecular formula is C21H21ClN6O2. The van der Waals surface area contributed by atoms with Gasteiger partial charge in [0.1, 0.15) is 0 Å². The van der Waals surface area contributed by atoms with Crippen molar-refractivity contribution in [3.05, 3.63) is 69.2 Å². The van der Waals surface area contributed by atoms with Gasteiger partial charge in [-0.25, -0.2) is 0 Å². The number of carbonyl (C=O) groups is 1. The van der Waals surface area contributed by atoms with Gasteiger partial charge in [0.2, 0.25) is 11.7 Å². The van der Waals surface area contributed by atoms with E-state index < -0.39 is 0 Å². The van der Waals surface area contributed by atoms with Crippen LogP contribution in [0.5, 0.6) is 0 Å². The molecule has 0 unspecified atom stereocenters. The van der Waals surface area contributed by atoms with Gasteiger partial charge in [-0.2, -0.15) is 0 Å². The Labute approximate surface area is 177 Å². The number of rotatable bonds is 5. The molecule has 2 aromatic carbocycles. The third kappa shape index (κ3) is 3.79. The summed E-state index contributed by atoms with van der Waals surface area (Å²) in [7, 11) is 3.51. The maximum Gasteiger partial charge on any atom is 0.262 e. The summed E-state index contributed by atoms with van der Waals surface area (Å²) in [4.78, 5) is 26.9. The number of benzene rings is 2. The highest BCUT2D eigenvalue weighted by atomic mass is 35.5. The highest BCUT2D eigenvalue weighted by molar-refractivity contribution is 6.30. The fourth-order valence-corrected chi connectivity index (χ4v) is 3.66. The van der Waals surface area contributed by atoms with Crippen molar-refractivity contribution in [3.8, 4) is 0 Å². The molecule has 0 saturated carbocycles. The minimum absolute atomic E-state index is 0.116. The van der Waals surface area contributed by atoms with E-state index in [9.17, 15) is 9.59 Å². The fraction of sp³-hybridized carbons (Fsp3) is 0.238. The van der Waals surface area contributed by atoms with E-state index in [1.165, 1.54) is 4.57 Å². The molecule has 1 N–H and O–H groups in total. The summed E-state index contributed by atoms with van der Waals surface area (Å²) < 4.78 is 3.35. The summed E-state index contributed by atoms with van der Waals surface area (Å²) in [6.45, 7) is 2.48. The number of nitrogens with zero attached hydrogens (tertiary/aromatic N) is 5. The van der Waals surface area contributed by atoms with Crippen molar-refractivity contribution < 1.29 is 4.79 Å². The monoisotopic (exact) mass is 424 g/mol. The minimum atomic E-state index is -0.165. The van der Waals surface area contributed by atoms with E-state index in [1.54, 1.807) is 31.3 Å². The minimum Gasteiger partial charge on any atom is -0.325 e. The molecule has 0 saturated heterocycles. The quantitative estimate of drug-likeness (QED) is 0.532. The fourth-order valence-electron chi connectivity index (χ4n) is 3.47. The molecule has 0 bridgehead atoms. The van der Waals surface area contributed by atoms with E-state index in [4.69, 9.17) is 11.6 Å². The van der Waals surface area contributed by atoms with Crippen LogP contribution in [0.25, 0.3) is 16.7 Å². The smallest absolute Gasteiger partial charge is 0.262 e. The van der Waals surface area contributed by atoms with Gasteiger partial charge in [-0.05, 0) is 44.3 Å². The summed E-state index contributed by atoms with van der Waals surface area (Å²) in [6.07, 6.45) is 0. The zero-order valence-corrected chi connectivity index (χ0v) is 17.6. The number of halogens is 1. The van der Waals surface area contributed by atoms with Gasteiger partial charge in [-0.15, -0.1) is 10.2 Å². The molecule has 0 atom stereocenters. The first kappa shape index (κ1) is 20.1. The number of aromatic nitrogens is 4. The van der Waals surface area contributed by atoms with Crippen LogP contribution >= 0.6 is 11.6 Å². The van der Waals surface area contributed by atoms with Crippen LogP contribution in [0, 0.1) is 6.92 Å². The van der Waals surface area contributed by atoms with Gasteiger partial charge in [0.15, 0.2) is 5.82 Å². The first-order valence-electron chi connectivity index (χ1n) is 9.41. The van der Waals surface area contributed by atoms with Crippen molar-refractivity contribution in [2.75, 3.05) is 18.9 Å². The summed E-state index contributed by atoms with van der Waals surface area (Å²) in [5.74, 6) is 0.942. The predicted molar refractivity (Wildman–Crippen MR) is 117 cm³/mol. The van der Waals surface area contributed by atoms with Crippen LogP contribution < -0.4 is 10.9 Å². The summed E-state index contributed by atoms with van der Waals surface area (Å²) in [6, 6.07) is 12.7. The number of likely N-dealkylation sites (N-methyl/N-ethyl adjacent to an activating group) is 1. The van der Waals surface area contributed by atoms with E-state index in [0.29, 0.717) is 34.2 Å². The molecule has 30 heavy (non-hydrogen) atoms. The molecule has 9 heteroatoms. The second-order valence-corrected chi connectivity index (χ2v) is 7.80. The zero-order valence-electron chi connectivity index (χ0n) is 16.9. The number of amides is 1. The van der Waals surface area contributed by atoms with Crippen molar-refractivity contribution in [2.24, 2.45) is 7.05 Å². The number of carbonyl (C=O) groups excluding carboxylic acids is 1. The molecule has 1 amide bonds. The predicted octanol–water partition coefficient (Wildman–Crippen LogP) is 2.61. The Morgan fingerprint density at radius 3 is 2.77 bits per heavy atom. The molecule has 2 aromatic heterocycles. The van der Waals surface area contributed by atoms with Crippen molar-refractivity contribution in [3.63, 3.8) is 0 Å². The molecule has 0 spiro atoms. The average molecular weight is 425 g/mol. The number of aryl methyl sites for hydroxylation is 2. The molecule has 0 fully saturated rings. The zero-order chi connectivity index (χ0) is 21.4. The molecular weight excluding hydrogens is 404 g/mol. The number of hydrogen-bond donors (Lipinski definition) is 1. The Kier molecular flexibility index (Phi) is 5.27. The molecule has 0 aliphatic rings. The lowest BCUT2D eigenvalue weighted by Gasteiger charge is -2.16. The van der Waals surface area contributed by atoms with Gasteiger partial charge in [0, 0.05) is 17.8 Å². The van der Waals surface area contributed by atoms with Gasteiger partial charge < -0.3 is 5.32 Å². The standard InChI is InChI=1S/C21H21ClN6O2/c1-13-7-8-17-16(9-13)20(30)27(3)21-25-24-18(28(17)21)11-26(2)12-19(29)23-15-6-4-5-14(22)10-15/h4-10H,11-12H2,1-3H3,(H,23,29). The van der Waals surface area contributed by atoms with Crippen LogP contribution in [0.4, 0.5) is 5.69 Å². The molecule has 4 aromatic rings. The molecule has 0 aliphatic heterocycles. The lowest BCUT2D eigenvalue weighted by molar-refractivity contribution is -0.117. The third-order valence-corrected chi connectivity index (χ3v) is 5.11. The van der Waals surface area contributed by atoms with Crippen LogP contribution in [0.2, 0.25) is 5.02 Å². The lowest BCUT2D eigenvalue weighted by Crippen LogP contribution is -2.30. The van der Waals surface area contributed by atoms with E-state index in [-0.39, 0.29) is 18.0 Å². The Balaban J connectivity index is 1.60. The summed E-state index contributed by atoms with van der Waals surface area (Å²) in [5.41, 5.74) is 2.28. The van der Waals surface area contributed by atoms with Crippen LogP contribution in [0.15, 0.2) is 47.3 Å². The molecule has 0 radical (unpaired) electrons. The number of nitrogens with one attached hydrogen (secondary N) is 1. The third-order valence-electron chi connectivity index (χ3n) is 4.87. The summed E-state index contributed by atoms with van der Waals surface area (Å²) in [5, 5.41) is 12.5. The number of fused-ring (bicyclic) bond motifs is 3. The van der Waals surface area contributed by atoms with Crippen LogP contribution in [-0.4, -0.2) is 43.6 Å². The largest absolute Gasteiger partial charge is 0.325 e. The van der Waals surface area contributed by atoms with Crippen molar-refractivity contribution >= 4 is 39.9 Å².